The maximum atomic E-state index is 14.1. The summed E-state index contributed by atoms with van der Waals surface area (Å²) in [5.74, 6) is -0.368. The summed E-state index contributed by atoms with van der Waals surface area (Å²) in [4.78, 5) is 16.7. The first-order valence-electron chi connectivity index (χ1n) is 8.85. The quantitative estimate of drug-likeness (QED) is 0.619. The number of carbonyl (C=O) groups excluding carboxylic acids is 1. The highest BCUT2D eigenvalue weighted by Crippen LogP contribution is 2.33. The Balaban J connectivity index is 0.00000109. The molecule has 0 fully saturated rings. The molecule has 1 aliphatic heterocycles. The van der Waals surface area contributed by atoms with Crippen molar-refractivity contribution in [2.75, 3.05) is 11.9 Å². The van der Waals surface area contributed by atoms with Crippen LogP contribution in [0.3, 0.4) is 0 Å². The van der Waals surface area contributed by atoms with Crippen molar-refractivity contribution in [3.8, 4) is 11.8 Å². The van der Waals surface area contributed by atoms with Gasteiger partial charge >= 0.3 is 0 Å². The SMILES string of the molecule is CC.CC1CNC(=O)c2cnn3ccc(nc23)Nc2c(ccc(F)c2C#N)O1. The average molecular weight is 382 g/mol. The summed E-state index contributed by atoms with van der Waals surface area (Å²) >= 11 is 0. The first kappa shape index (κ1) is 19.1. The zero-order valence-corrected chi connectivity index (χ0v) is 15.7. The van der Waals surface area contributed by atoms with Crippen LogP contribution in [0, 0.1) is 17.1 Å². The fraction of sp³-hybridized carbons (Fsp3) is 0.263. The molecule has 0 saturated carbocycles. The normalized spacial score (nSPS) is 15.5. The van der Waals surface area contributed by atoms with E-state index >= 15 is 0 Å². The van der Waals surface area contributed by atoms with Crippen LogP contribution in [0.1, 0.15) is 36.7 Å². The second kappa shape index (κ2) is 7.92. The summed E-state index contributed by atoms with van der Waals surface area (Å²) in [6.45, 7) is 5.98. The smallest absolute Gasteiger partial charge is 0.256 e. The Morgan fingerprint density at radius 1 is 1.36 bits per heavy atom. The van der Waals surface area contributed by atoms with Crippen LogP contribution in [0.2, 0.25) is 0 Å². The number of nitrogens with zero attached hydrogens (tertiary/aromatic N) is 4. The predicted molar refractivity (Wildman–Crippen MR) is 101 cm³/mol. The fourth-order valence-corrected chi connectivity index (χ4v) is 2.71. The molecule has 4 rings (SSSR count). The maximum Gasteiger partial charge on any atom is 0.256 e. The van der Waals surface area contributed by atoms with Gasteiger partial charge in [-0.3, -0.25) is 4.79 Å². The number of hydrogen-bond donors (Lipinski definition) is 2. The van der Waals surface area contributed by atoms with Crippen LogP contribution in [-0.4, -0.2) is 33.2 Å². The number of halogens is 1. The molecule has 3 heterocycles. The Hall–Kier alpha value is -3.67. The average Bonchev–Trinajstić information content (AvgIpc) is 3.12. The number of nitrogens with one attached hydrogen (secondary N) is 2. The largest absolute Gasteiger partial charge is 0.487 e. The van der Waals surface area contributed by atoms with Crippen LogP contribution in [-0.2, 0) is 0 Å². The molecule has 0 aliphatic carbocycles. The summed E-state index contributed by atoms with van der Waals surface area (Å²) in [7, 11) is 0. The van der Waals surface area contributed by atoms with E-state index in [0.717, 1.165) is 0 Å². The lowest BCUT2D eigenvalue weighted by Crippen LogP contribution is -2.34. The summed E-state index contributed by atoms with van der Waals surface area (Å²) in [5, 5.41) is 19.1. The van der Waals surface area contributed by atoms with Gasteiger partial charge in [-0.05, 0) is 25.1 Å². The van der Waals surface area contributed by atoms with Gasteiger partial charge in [-0.25, -0.2) is 13.9 Å². The molecule has 2 bridgehead atoms. The molecule has 28 heavy (non-hydrogen) atoms. The lowest BCUT2D eigenvalue weighted by Gasteiger charge is -2.20. The molecule has 1 amide bonds. The number of aromatic nitrogens is 3. The van der Waals surface area contributed by atoms with E-state index in [-0.39, 0.29) is 23.7 Å². The van der Waals surface area contributed by atoms with E-state index in [1.165, 1.54) is 22.8 Å². The molecule has 144 valence electrons. The van der Waals surface area contributed by atoms with Crippen molar-refractivity contribution in [3.05, 3.63) is 47.5 Å². The number of fused-ring (bicyclic) bond motifs is 2. The maximum absolute atomic E-state index is 14.1. The van der Waals surface area contributed by atoms with Crippen molar-refractivity contribution in [1.29, 1.82) is 5.26 Å². The minimum absolute atomic E-state index is 0.175. The molecule has 9 heteroatoms. The molecular weight excluding hydrogens is 363 g/mol. The van der Waals surface area contributed by atoms with Crippen molar-refractivity contribution >= 4 is 23.1 Å². The van der Waals surface area contributed by atoms with Gasteiger partial charge in [-0.15, -0.1) is 0 Å². The number of ether oxygens (including phenoxy) is 1. The molecule has 3 aromatic rings. The number of amides is 1. The Bertz CT molecular complexity index is 1070. The number of rotatable bonds is 0. The third-order valence-corrected chi connectivity index (χ3v) is 3.97. The molecule has 1 atom stereocenters. The van der Waals surface area contributed by atoms with E-state index < -0.39 is 11.9 Å². The molecule has 2 aromatic heterocycles. The number of benzene rings is 1. The first-order chi connectivity index (χ1) is 13.6. The molecule has 0 radical (unpaired) electrons. The molecule has 0 spiro atoms. The van der Waals surface area contributed by atoms with Crippen molar-refractivity contribution in [3.63, 3.8) is 0 Å². The van der Waals surface area contributed by atoms with Gasteiger partial charge in [0.25, 0.3) is 5.91 Å². The van der Waals surface area contributed by atoms with E-state index in [2.05, 4.69) is 20.7 Å². The van der Waals surface area contributed by atoms with Crippen molar-refractivity contribution in [2.45, 2.75) is 26.9 Å². The molecule has 1 aromatic carbocycles. The van der Waals surface area contributed by atoms with Crippen LogP contribution >= 0.6 is 0 Å². The van der Waals surface area contributed by atoms with Crippen molar-refractivity contribution < 1.29 is 13.9 Å². The number of nitriles is 1. The third-order valence-electron chi connectivity index (χ3n) is 3.97. The van der Waals surface area contributed by atoms with Crippen molar-refractivity contribution in [2.24, 2.45) is 0 Å². The van der Waals surface area contributed by atoms with E-state index in [1.54, 1.807) is 19.2 Å². The Labute approximate surface area is 161 Å². The molecule has 0 saturated heterocycles. The van der Waals surface area contributed by atoms with E-state index in [0.29, 0.717) is 22.8 Å². The molecule has 8 nitrogen and oxygen atoms in total. The van der Waals surface area contributed by atoms with Crippen LogP contribution < -0.4 is 15.4 Å². The van der Waals surface area contributed by atoms with Crippen LogP contribution in [0.5, 0.6) is 5.75 Å². The van der Waals surface area contributed by atoms with E-state index in [9.17, 15) is 14.4 Å². The second-order valence-electron chi connectivity index (χ2n) is 5.81. The highest BCUT2D eigenvalue weighted by atomic mass is 19.1. The standard InChI is InChI=1S/C17H13FN6O2.C2H6/c1-9-7-20-17(25)11-8-21-24-5-4-14(23-16(11)24)22-15-10(6-19)12(18)2-3-13(15)26-9;1-2/h2-5,8-9H,7H2,1H3,(H,20,25)(H,22,23);1-2H3. The highest BCUT2D eigenvalue weighted by molar-refractivity contribution is 5.99. The topological polar surface area (TPSA) is 104 Å². The van der Waals surface area contributed by atoms with E-state index in [1.807, 2.05) is 19.9 Å². The summed E-state index contributed by atoms with van der Waals surface area (Å²) in [6.07, 6.45) is 2.63. The Morgan fingerprint density at radius 2 is 2.14 bits per heavy atom. The number of anilines is 2. The fourth-order valence-electron chi connectivity index (χ4n) is 2.71. The van der Waals surface area contributed by atoms with Gasteiger partial charge in [0.1, 0.15) is 46.4 Å². The van der Waals surface area contributed by atoms with Gasteiger partial charge < -0.3 is 15.4 Å². The van der Waals surface area contributed by atoms with E-state index in [4.69, 9.17) is 4.74 Å². The zero-order valence-electron chi connectivity index (χ0n) is 15.7. The lowest BCUT2D eigenvalue weighted by molar-refractivity contribution is 0.0934. The minimum atomic E-state index is -0.665. The first-order valence-corrected chi connectivity index (χ1v) is 8.85. The van der Waals surface area contributed by atoms with Gasteiger partial charge in [0.2, 0.25) is 0 Å². The summed E-state index contributed by atoms with van der Waals surface area (Å²) in [5.41, 5.74) is 0.662. The van der Waals surface area contributed by atoms with Gasteiger partial charge in [0.05, 0.1) is 12.7 Å². The van der Waals surface area contributed by atoms with Gasteiger partial charge in [0.15, 0.2) is 5.65 Å². The molecule has 1 unspecified atom stereocenters. The monoisotopic (exact) mass is 382 g/mol. The van der Waals surface area contributed by atoms with Gasteiger partial charge in [0, 0.05) is 6.20 Å². The van der Waals surface area contributed by atoms with Crippen LogP contribution in [0.4, 0.5) is 15.9 Å². The Morgan fingerprint density at radius 3 is 2.89 bits per heavy atom. The van der Waals surface area contributed by atoms with Gasteiger partial charge in [-0.2, -0.15) is 10.4 Å². The molecular formula is C19H19FN6O2. The highest BCUT2D eigenvalue weighted by Gasteiger charge is 2.21. The number of hydrogen-bond acceptors (Lipinski definition) is 6. The third kappa shape index (κ3) is 3.44. The summed E-state index contributed by atoms with van der Waals surface area (Å²) in [6, 6.07) is 6.06. The second-order valence-corrected chi connectivity index (χ2v) is 5.81. The predicted octanol–water partition coefficient (Wildman–Crippen LogP) is 3.02. The van der Waals surface area contributed by atoms with Crippen molar-refractivity contribution in [1.82, 2.24) is 19.9 Å². The number of carbonyl (C=O) groups is 1. The van der Waals surface area contributed by atoms with Crippen LogP contribution in [0.25, 0.3) is 5.65 Å². The lowest BCUT2D eigenvalue weighted by atomic mass is 10.1. The van der Waals surface area contributed by atoms with Crippen LogP contribution in [0.15, 0.2) is 30.6 Å². The zero-order chi connectivity index (χ0) is 20.3. The molecule has 1 aliphatic rings. The summed E-state index contributed by atoms with van der Waals surface area (Å²) < 4.78 is 21.3. The Kier molecular flexibility index (Phi) is 5.40. The minimum Gasteiger partial charge on any atom is -0.487 e. The molecule has 2 N–H and O–H groups in total. The van der Waals surface area contributed by atoms with Gasteiger partial charge in [-0.1, -0.05) is 13.8 Å².